The van der Waals surface area contributed by atoms with Crippen LogP contribution in [0.1, 0.15) is 70.3 Å². The first kappa shape index (κ1) is 29.0. The number of nitrogen functional groups attached to an aromatic ring is 1. The van der Waals surface area contributed by atoms with Crippen LogP contribution in [0.5, 0.6) is 11.5 Å². The molecule has 4 aromatic rings. The molecule has 2 N–H and O–H groups in total. The van der Waals surface area contributed by atoms with E-state index in [0.717, 1.165) is 66.3 Å². The summed E-state index contributed by atoms with van der Waals surface area (Å²) >= 11 is 0. The van der Waals surface area contributed by atoms with Crippen molar-refractivity contribution in [2.75, 3.05) is 39.1 Å². The van der Waals surface area contributed by atoms with Crippen molar-refractivity contribution >= 4 is 16.9 Å². The van der Waals surface area contributed by atoms with Gasteiger partial charge in [0, 0.05) is 32.4 Å². The highest BCUT2D eigenvalue weighted by Gasteiger charge is 2.26. The van der Waals surface area contributed by atoms with Gasteiger partial charge in [0.2, 0.25) is 0 Å². The van der Waals surface area contributed by atoms with Crippen molar-refractivity contribution in [1.29, 1.82) is 0 Å². The minimum absolute atomic E-state index is 0.301. The van der Waals surface area contributed by atoms with E-state index in [1.807, 2.05) is 54.6 Å². The van der Waals surface area contributed by atoms with Crippen molar-refractivity contribution in [1.82, 2.24) is 24.6 Å². The zero-order chi connectivity index (χ0) is 28.3. The summed E-state index contributed by atoms with van der Waals surface area (Å²) in [6, 6.07) is 18.1. The highest BCUT2D eigenvalue weighted by molar-refractivity contribution is 5.98. The number of ether oxygens (including phenoxy) is 2. The lowest BCUT2D eigenvalue weighted by atomic mass is 10.0. The Hall–Kier alpha value is -3.49. The zero-order valence-corrected chi connectivity index (χ0v) is 24.4. The van der Waals surface area contributed by atoms with Crippen LogP contribution in [0.2, 0.25) is 0 Å². The number of hydrogen-bond donors (Lipinski definition) is 1. The molecule has 8 heteroatoms. The Morgan fingerprint density at radius 1 is 0.805 bits per heavy atom. The van der Waals surface area contributed by atoms with Crippen molar-refractivity contribution in [2.45, 2.75) is 70.3 Å². The van der Waals surface area contributed by atoms with Gasteiger partial charge in [-0.25, -0.2) is 14.6 Å². The molecule has 0 unspecified atom stereocenters. The Morgan fingerprint density at radius 3 is 2.17 bits per heavy atom. The molecule has 1 aliphatic rings. The van der Waals surface area contributed by atoms with Gasteiger partial charge >= 0.3 is 0 Å². The van der Waals surface area contributed by atoms with Crippen LogP contribution >= 0.6 is 0 Å². The van der Waals surface area contributed by atoms with Gasteiger partial charge < -0.3 is 20.1 Å². The predicted octanol–water partition coefficient (Wildman–Crippen LogP) is 7.27. The summed E-state index contributed by atoms with van der Waals surface area (Å²) in [6.07, 6.45) is 14.2. The molecule has 1 saturated heterocycles. The van der Waals surface area contributed by atoms with Gasteiger partial charge in [-0.3, -0.25) is 0 Å². The minimum atomic E-state index is 0.301. The number of nitrogens with zero attached hydrogens (tertiary/aromatic N) is 5. The largest absolute Gasteiger partial charge is 0.457 e. The van der Waals surface area contributed by atoms with Crippen LogP contribution < -0.4 is 10.5 Å². The number of methoxy groups -OCH3 is 1. The number of benzene rings is 2. The zero-order valence-electron chi connectivity index (χ0n) is 24.4. The molecular weight excluding hydrogens is 512 g/mol. The SMILES string of the molecule is COCCCCCCCCCCN1CCC(n2nc(-c3ccc(Oc4ccccc4)cc3)c3c(N)ncnc32)CC1. The van der Waals surface area contributed by atoms with Crippen LogP contribution in [0.4, 0.5) is 5.82 Å². The van der Waals surface area contributed by atoms with E-state index in [9.17, 15) is 0 Å². The van der Waals surface area contributed by atoms with Crippen LogP contribution in [0.3, 0.4) is 0 Å². The van der Waals surface area contributed by atoms with Crippen molar-refractivity contribution in [3.63, 3.8) is 0 Å². The third-order valence-electron chi connectivity index (χ3n) is 8.10. The third-order valence-corrected chi connectivity index (χ3v) is 8.10. The second-order valence-electron chi connectivity index (χ2n) is 11.1. The molecule has 2 aromatic carbocycles. The number of likely N-dealkylation sites (tertiary alicyclic amines) is 1. The molecule has 218 valence electrons. The second kappa shape index (κ2) is 14.9. The van der Waals surface area contributed by atoms with E-state index < -0.39 is 0 Å². The Kier molecular flexibility index (Phi) is 10.6. The average Bonchev–Trinajstić information content (AvgIpc) is 3.40. The fraction of sp³-hybridized carbons (Fsp3) is 0.485. The summed E-state index contributed by atoms with van der Waals surface area (Å²) in [5.74, 6) is 2.05. The number of aromatic nitrogens is 4. The van der Waals surface area contributed by atoms with Crippen LogP contribution in [0.25, 0.3) is 22.3 Å². The first-order valence-corrected chi connectivity index (χ1v) is 15.3. The van der Waals surface area contributed by atoms with E-state index in [0.29, 0.717) is 11.9 Å². The lowest BCUT2D eigenvalue weighted by Gasteiger charge is -2.32. The minimum Gasteiger partial charge on any atom is -0.457 e. The first-order valence-electron chi connectivity index (χ1n) is 15.3. The number of anilines is 1. The lowest BCUT2D eigenvalue weighted by Crippen LogP contribution is -2.35. The van der Waals surface area contributed by atoms with Gasteiger partial charge in [-0.15, -0.1) is 0 Å². The van der Waals surface area contributed by atoms with E-state index in [-0.39, 0.29) is 0 Å². The van der Waals surface area contributed by atoms with Crippen LogP contribution in [0.15, 0.2) is 60.9 Å². The van der Waals surface area contributed by atoms with Gasteiger partial charge in [0.15, 0.2) is 5.65 Å². The number of hydrogen-bond acceptors (Lipinski definition) is 7. The van der Waals surface area contributed by atoms with Crippen molar-refractivity contribution in [3.8, 4) is 22.8 Å². The number of rotatable bonds is 15. The molecule has 8 nitrogen and oxygen atoms in total. The molecule has 1 aliphatic heterocycles. The molecule has 0 radical (unpaired) electrons. The quantitative estimate of drug-likeness (QED) is 0.154. The molecule has 41 heavy (non-hydrogen) atoms. The van der Waals surface area contributed by atoms with Crippen molar-refractivity contribution in [2.24, 2.45) is 0 Å². The topological polar surface area (TPSA) is 91.3 Å². The normalized spacial score (nSPS) is 14.6. The van der Waals surface area contributed by atoms with Crippen molar-refractivity contribution < 1.29 is 9.47 Å². The number of nitrogens with two attached hydrogens (primary N) is 1. The van der Waals surface area contributed by atoms with E-state index >= 15 is 0 Å². The van der Waals surface area contributed by atoms with Gasteiger partial charge in [0.25, 0.3) is 0 Å². The van der Waals surface area contributed by atoms with Gasteiger partial charge in [-0.2, -0.15) is 5.10 Å². The van der Waals surface area contributed by atoms with Crippen LogP contribution in [0, 0.1) is 0 Å². The standard InChI is InChI=1S/C33H44N6O2/c1-40-24-12-7-5-3-2-4-6-11-21-38-22-19-27(20-23-38)39-33-30(32(34)35-25-36-33)31(37-39)26-15-17-29(18-16-26)41-28-13-9-8-10-14-28/h8-10,13-18,25,27H,2-7,11-12,19-24H2,1H3,(H2,34,35,36). The molecule has 0 bridgehead atoms. The molecule has 3 heterocycles. The maximum atomic E-state index is 6.37. The number of unbranched alkanes of at least 4 members (excludes halogenated alkanes) is 7. The molecule has 0 aliphatic carbocycles. The Morgan fingerprint density at radius 2 is 1.46 bits per heavy atom. The molecule has 0 amide bonds. The molecule has 5 rings (SSSR count). The van der Waals surface area contributed by atoms with Gasteiger partial charge in [-0.05, 0) is 68.6 Å². The van der Waals surface area contributed by atoms with E-state index in [1.165, 1.54) is 57.9 Å². The smallest absolute Gasteiger partial charge is 0.164 e. The Bertz CT molecular complexity index is 1330. The Balaban J connectivity index is 1.15. The first-order chi connectivity index (χ1) is 20.2. The summed E-state index contributed by atoms with van der Waals surface area (Å²) < 4.78 is 13.2. The maximum Gasteiger partial charge on any atom is 0.164 e. The maximum absolute atomic E-state index is 6.37. The summed E-state index contributed by atoms with van der Waals surface area (Å²) in [7, 11) is 1.79. The fourth-order valence-electron chi connectivity index (χ4n) is 5.79. The molecule has 0 atom stereocenters. The molecule has 2 aromatic heterocycles. The fourth-order valence-corrected chi connectivity index (χ4v) is 5.79. The van der Waals surface area contributed by atoms with Gasteiger partial charge in [0.1, 0.15) is 29.3 Å². The predicted molar refractivity (Wildman–Crippen MR) is 165 cm³/mol. The molecular formula is C33H44N6O2. The number of para-hydroxylation sites is 1. The summed E-state index contributed by atoms with van der Waals surface area (Å²) in [5, 5.41) is 5.90. The van der Waals surface area contributed by atoms with E-state index in [1.54, 1.807) is 13.4 Å². The summed E-state index contributed by atoms with van der Waals surface area (Å²) in [6.45, 7) is 4.27. The van der Waals surface area contributed by atoms with Gasteiger partial charge in [-0.1, -0.05) is 56.7 Å². The molecule has 1 fully saturated rings. The van der Waals surface area contributed by atoms with Gasteiger partial charge in [0.05, 0.1) is 11.4 Å². The molecule has 0 saturated carbocycles. The summed E-state index contributed by atoms with van der Waals surface area (Å²) in [4.78, 5) is 11.5. The van der Waals surface area contributed by atoms with Crippen molar-refractivity contribution in [3.05, 3.63) is 60.9 Å². The van der Waals surface area contributed by atoms with E-state index in [4.69, 9.17) is 20.3 Å². The highest BCUT2D eigenvalue weighted by Crippen LogP contribution is 2.35. The monoisotopic (exact) mass is 556 g/mol. The number of piperidine rings is 1. The Labute approximate surface area is 243 Å². The second-order valence-corrected chi connectivity index (χ2v) is 11.1. The molecule has 0 spiro atoms. The average molecular weight is 557 g/mol. The number of fused-ring (bicyclic) bond motifs is 1. The summed E-state index contributed by atoms with van der Waals surface area (Å²) in [5.41, 5.74) is 8.99. The van der Waals surface area contributed by atoms with Crippen LogP contribution in [-0.4, -0.2) is 58.0 Å². The van der Waals surface area contributed by atoms with Crippen LogP contribution in [-0.2, 0) is 4.74 Å². The third kappa shape index (κ3) is 7.83. The van der Waals surface area contributed by atoms with E-state index in [2.05, 4.69) is 19.5 Å². The highest BCUT2D eigenvalue weighted by atomic mass is 16.5. The lowest BCUT2D eigenvalue weighted by molar-refractivity contribution is 0.179.